The van der Waals surface area contributed by atoms with E-state index in [4.69, 9.17) is 15.2 Å². The van der Waals surface area contributed by atoms with Gasteiger partial charge in [0.25, 0.3) is 15.9 Å². The van der Waals surface area contributed by atoms with Gasteiger partial charge in [0.15, 0.2) is 0 Å². The Balaban J connectivity index is 0.000000344. The molecule has 10 nitrogen and oxygen atoms in total. The Morgan fingerprint density at radius 2 is 1.30 bits per heavy atom. The average Bonchev–Trinajstić information content (AvgIpc) is 3.18. The van der Waals surface area contributed by atoms with Crippen molar-refractivity contribution in [2.45, 2.75) is 38.7 Å². The quantitative estimate of drug-likeness (QED) is 0.241. The highest BCUT2D eigenvalue weighted by molar-refractivity contribution is 7.99. The lowest BCUT2D eigenvalue weighted by Gasteiger charge is -2.30. The maximum Gasteiger partial charge on any atom is 0.417 e. The number of amides is 1. The van der Waals surface area contributed by atoms with Crippen LogP contribution in [0.15, 0.2) is 72.7 Å². The normalized spacial score (nSPS) is 14.9. The predicted molar refractivity (Wildman–Crippen MR) is 155 cm³/mol. The number of halogens is 6. The number of nitrogens with zero attached hydrogens (tertiary/aromatic N) is 3. The lowest BCUT2D eigenvalue weighted by Crippen LogP contribution is -2.46. The molecule has 0 radical (unpaired) electrons. The van der Waals surface area contributed by atoms with E-state index in [2.05, 4.69) is 15.3 Å². The summed E-state index contributed by atoms with van der Waals surface area (Å²) in [7, 11) is -4.10. The molecule has 1 aliphatic heterocycles. The van der Waals surface area contributed by atoms with E-state index < -0.39 is 44.9 Å². The lowest BCUT2D eigenvalue weighted by molar-refractivity contribution is -0.138. The highest BCUT2D eigenvalue weighted by atomic mass is 32.2. The van der Waals surface area contributed by atoms with Crippen molar-refractivity contribution in [1.29, 1.82) is 0 Å². The third-order valence-electron chi connectivity index (χ3n) is 5.92. The molecule has 0 saturated carbocycles. The number of aromatic nitrogens is 2. The number of nitrogens with one attached hydrogen (secondary N) is 1. The van der Waals surface area contributed by atoms with Crippen molar-refractivity contribution < 1.29 is 49.0 Å². The van der Waals surface area contributed by atoms with Gasteiger partial charge in [-0.05, 0) is 38.5 Å². The molecule has 250 valence electrons. The Bertz CT molecular complexity index is 1610. The first-order valence-corrected chi connectivity index (χ1v) is 15.0. The van der Waals surface area contributed by atoms with Gasteiger partial charge in [0.1, 0.15) is 23.8 Å². The molecule has 0 aliphatic carbocycles. The van der Waals surface area contributed by atoms with E-state index >= 15 is 0 Å². The molecule has 0 saturated heterocycles. The molecule has 17 heteroatoms. The Morgan fingerprint density at radius 1 is 0.804 bits per heavy atom. The van der Waals surface area contributed by atoms with E-state index in [0.717, 1.165) is 28.7 Å². The molecule has 0 fully saturated rings. The third-order valence-corrected chi connectivity index (χ3v) is 8.07. The number of hydrogen-bond donors (Lipinski definition) is 2. The second kappa shape index (κ2) is 14.4. The van der Waals surface area contributed by atoms with Crippen LogP contribution in [0.5, 0.6) is 11.8 Å². The lowest BCUT2D eigenvalue weighted by atomic mass is 10.1. The summed E-state index contributed by atoms with van der Waals surface area (Å²) in [6.07, 6.45) is -7.47. The summed E-state index contributed by atoms with van der Waals surface area (Å²) in [6.45, 7) is 5.34. The van der Waals surface area contributed by atoms with E-state index in [1.165, 1.54) is 6.07 Å². The van der Waals surface area contributed by atoms with Gasteiger partial charge in [-0.3, -0.25) is 4.79 Å². The van der Waals surface area contributed by atoms with E-state index in [0.29, 0.717) is 18.3 Å². The van der Waals surface area contributed by atoms with Gasteiger partial charge in [-0.2, -0.15) is 26.3 Å². The second-order valence-electron chi connectivity index (χ2n) is 10.5. The van der Waals surface area contributed by atoms with Gasteiger partial charge >= 0.3 is 12.4 Å². The van der Waals surface area contributed by atoms with E-state index in [1.807, 2.05) is 0 Å². The van der Waals surface area contributed by atoms with E-state index in [9.17, 15) is 39.6 Å². The van der Waals surface area contributed by atoms with Crippen LogP contribution in [0.4, 0.5) is 26.3 Å². The first-order valence-electron chi connectivity index (χ1n) is 13.5. The summed E-state index contributed by atoms with van der Waals surface area (Å²) in [5.41, 5.74) is 2.74. The molecule has 1 aliphatic rings. The van der Waals surface area contributed by atoms with Crippen LogP contribution >= 0.6 is 0 Å². The van der Waals surface area contributed by atoms with Gasteiger partial charge in [0, 0.05) is 37.6 Å². The number of nitrogens with two attached hydrogens (primary N) is 1. The fraction of sp³-hybridized carbons (Fsp3) is 0.345. The summed E-state index contributed by atoms with van der Waals surface area (Å²) in [5.74, 6) is -0.578. The van der Waals surface area contributed by atoms with Crippen molar-refractivity contribution in [3.8, 4) is 11.8 Å². The molecular weight excluding hydrogens is 644 g/mol. The van der Waals surface area contributed by atoms with Crippen molar-refractivity contribution in [2.75, 3.05) is 26.3 Å². The Kier molecular flexibility index (Phi) is 11.3. The Morgan fingerprint density at radius 3 is 1.72 bits per heavy atom. The number of benzene rings is 1. The molecule has 4 rings (SSSR count). The van der Waals surface area contributed by atoms with Gasteiger partial charge in [0.2, 0.25) is 11.8 Å². The summed E-state index contributed by atoms with van der Waals surface area (Å²) in [5, 5.41) is 2.82. The third kappa shape index (κ3) is 9.09. The molecule has 2 aromatic heterocycles. The molecule has 0 atom stereocenters. The van der Waals surface area contributed by atoms with Gasteiger partial charge in [-0.1, -0.05) is 30.3 Å². The number of pyridine rings is 2. The summed E-state index contributed by atoms with van der Waals surface area (Å²) < 4.78 is 112. The highest BCUT2D eigenvalue weighted by Crippen LogP contribution is 2.38. The van der Waals surface area contributed by atoms with Crippen molar-refractivity contribution in [1.82, 2.24) is 19.6 Å². The fourth-order valence-electron chi connectivity index (χ4n) is 3.99. The van der Waals surface area contributed by atoms with Gasteiger partial charge in [0.05, 0.1) is 16.7 Å². The number of alkyl halides is 6. The van der Waals surface area contributed by atoms with Crippen LogP contribution in [0.2, 0.25) is 0 Å². The number of hydrogen-bond acceptors (Lipinski definition) is 9. The zero-order chi connectivity index (χ0) is 34.3. The molecule has 46 heavy (non-hydrogen) atoms. The topological polar surface area (TPSA) is 137 Å². The van der Waals surface area contributed by atoms with Crippen molar-refractivity contribution >= 4 is 20.8 Å². The SMILES string of the molecule is CC(C)(C)N1C(=O)C(NCCOc2ccc(C(F)(F)F)cn2)=C(c2ccccc2)S1(=O)=O.NCCOc1ccc(C(F)(F)F)cn1. The molecule has 3 heterocycles. The molecule has 0 unspecified atom stereocenters. The monoisotopic (exact) mass is 675 g/mol. The van der Waals surface area contributed by atoms with Gasteiger partial charge in [-0.15, -0.1) is 0 Å². The molecule has 1 aromatic carbocycles. The predicted octanol–water partition coefficient (Wildman–Crippen LogP) is 4.85. The molecule has 1 amide bonds. The summed E-state index contributed by atoms with van der Waals surface area (Å²) >= 11 is 0. The molecule has 3 N–H and O–H groups in total. The number of carbonyl (C=O) groups is 1. The van der Waals surface area contributed by atoms with Crippen molar-refractivity contribution in [3.63, 3.8) is 0 Å². The average molecular weight is 676 g/mol. The smallest absolute Gasteiger partial charge is 0.417 e. The van der Waals surface area contributed by atoms with Crippen LogP contribution in [-0.4, -0.2) is 60.4 Å². The number of sulfonamides is 1. The van der Waals surface area contributed by atoms with Crippen LogP contribution < -0.4 is 20.5 Å². The number of rotatable bonds is 9. The van der Waals surface area contributed by atoms with Crippen LogP contribution in [0.1, 0.15) is 37.5 Å². The Labute approximate surface area is 261 Å². The van der Waals surface area contributed by atoms with Crippen LogP contribution in [0.25, 0.3) is 4.91 Å². The molecule has 0 spiro atoms. The molecular formula is C29H31F6N5O5S. The summed E-state index contributed by atoms with van der Waals surface area (Å²) in [4.78, 5) is 20.0. The largest absolute Gasteiger partial charge is 0.476 e. The minimum atomic E-state index is -4.50. The van der Waals surface area contributed by atoms with Crippen LogP contribution in [0, 0.1) is 0 Å². The first kappa shape index (κ1) is 36.1. The first-order chi connectivity index (χ1) is 21.4. The minimum Gasteiger partial charge on any atom is -0.476 e. The van der Waals surface area contributed by atoms with Crippen molar-refractivity contribution in [3.05, 3.63) is 89.4 Å². The molecule has 0 bridgehead atoms. The second-order valence-corrected chi connectivity index (χ2v) is 12.2. The number of ether oxygens (including phenoxy) is 2. The fourth-order valence-corrected chi connectivity index (χ4v) is 6.06. The van der Waals surface area contributed by atoms with Gasteiger partial charge in [-0.25, -0.2) is 22.7 Å². The van der Waals surface area contributed by atoms with Crippen molar-refractivity contribution in [2.24, 2.45) is 5.73 Å². The highest BCUT2D eigenvalue weighted by Gasteiger charge is 2.49. The minimum absolute atomic E-state index is 0.0214. The molecule has 3 aromatic rings. The zero-order valence-electron chi connectivity index (χ0n) is 24.8. The standard InChI is InChI=1S/C21H22F3N3O4S.C8H9F3N2O/c1-20(2,3)27-19(28)17(18(32(27,29)30)14-7-5-4-6-8-14)25-11-12-31-16-10-9-15(13-26-16)21(22,23)24;9-8(10,11)6-1-2-7(13-5-6)14-4-3-12/h4-10,13,25H,11-12H2,1-3H3;1-2,5H,3-4,12H2. The maximum absolute atomic E-state index is 13.2. The zero-order valence-corrected chi connectivity index (χ0v) is 25.6. The van der Waals surface area contributed by atoms with Crippen LogP contribution in [-0.2, 0) is 27.2 Å². The Hall–Kier alpha value is -4.38. The van der Waals surface area contributed by atoms with Gasteiger partial charge < -0.3 is 20.5 Å². The van der Waals surface area contributed by atoms with E-state index in [-0.39, 0.29) is 42.1 Å². The number of carbonyl (C=O) groups excluding carboxylic acids is 1. The summed E-state index contributed by atoms with van der Waals surface area (Å²) in [6, 6.07) is 12.3. The van der Waals surface area contributed by atoms with Crippen LogP contribution in [0.3, 0.4) is 0 Å². The maximum atomic E-state index is 13.2. The van der Waals surface area contributed by atoms with E-state index in [1.54, 1.807) is 51.1 Å².